The van der Waals surface area contributed by atoms with Crippen LogP contribution in [0, 0.1) is 11.8 Å². The lowest BCUT2D eigenvalue weighted by Crippen LogP contribution is -2.60. The lowest BCUT2D eigenvalue weighted by atomic mass is 9.85. The fourth-order valence-corrected chi connectivity index (χ4v) is 5.30. The van der Waals surface area contributed by atoms with E-state index in [2.05, 4.69) is 0 Å². The number of carbonyl (C=O) groups is 1. The monoisotopic (exact) mass is 542 g/mol. The van der Waals surface area contributed by atoms with Gasteiger partial charge in [0.2, 0.25) is 12.0 Å². The summed E-state index contributed by atoms with van der Waals surface area (Å²) in [5.74, 6) is -1.13. The van der Waals surface area contributed by atoms with Crippen molar-refractivity contribution >= 4 is 5.97 Å². The first-order valence-corrected chi connectivity index (χ1v) is 12.1. The molecule has 2 aliphatic heterocycles. The highest BCUT2D eigenvalue weighted by molar-refractivity contribution is 5.91. The summed E-state index contributed by atoms with van der Waals surface area (Å²) in [6, 6.07) is 2.91. The summed E-state index contributed by atoms with van der Waals surface area (Å²) in [4.78, 5) is 13.1. The van der Waals surface area contributed by atoms with Gasteiger partial charge in [0, 0.05) is 12.3 Å². The van der Waals surface area contributed by atoms with Gasteiger partial charge in [0.15, 0.2) is 17.8 Å². The summed E-state index contributed by atoms with van der Waals surface area (Å²) in [6.07, 6.45) is -6.43. The van der Waals surface area contributed by atoms with Crippen molar-refractivity contribution in [3.8, 4) is 17.2 Å². The average molecular weight is 543 g/mol. The molecule has 10 atom stereocenters. The highest BCUT2D eigenvalue weighted by atomic mass is 16.8. The molecule has 1 saturated carbocycles. The summed E-state index contributed by atoms with van der Waals surface area (Å²) < 4.78 is 38.5. The van der Waals surface area contributed by atoms with E-state index in [9.17, 15) is 30.3 Å². The van der Waals surface area contributed by atoms with Gasteiger partial charge in [-0.25, -0.2) is 4.79 Å². The van der Waals surface area contributed by atoms with Crippen LogP contribution in [-0.2, 0) is 18.9 Å². The lowest BCUT2D eigenvalue weighted by Gasteiger charge is -2.43. The van der Waals surface area contributed by atoms with Gasteiger partial charge in [0.25, 0.3) is 0 Å². The number of hydrogen-bond acceptors (Lipinski definition) is 13. The molecule has 38 heavy (non-hydrogen) atoms. The van der Waals surface area contributed by atoms with Gasteiger partial charge < -0.3 is 58.7 Å². The Balaban J connectivity index is 1.52. The van der Waals surface area contributed by atoms with Crippen molar-refractivity contribution in [1.82, 2.24) is 0 Å². The number of benzene rings is 1. The molecule has 3 aliphatic rings. The predicted octanol–water partition coefficient (Wildman–Crippen LogP) is -0.689. The Morgan fingerprint density at radius 1 is 1.03 bits per heavy atom. The SMILES string of the molecule is COc1cc(C(=O)O[C@@H]2C[C@](C)(O)[C@@H]3[C@H](O[C@@H]4O[C@@H](CO)[C@@H](O)[C@H](O)[C@@H]4O)OC=C[C@H]32)cc(OC)c1OC. The summed E-state index contributed by atoms with van der Waals surface area (Å²) in [7, 11) is 4.29. The summed E-state index contributed by atoms with van der Waals surface area (Å²) in [5.41, 5.74) is -1.29. The Morgan fingerprint density at radius 3 is 2.26 bits per heavy atom. The van der Waals surface area contributed by atoms with Crippen LogP contribution in [0.4, 0.5) is 0 Å². The number of esters is 1. The van der Waals surface area contributed by atoms with Crippen LogP contribution in [0.25, 0.3) is 0 Å². The molecule has 0 spiro atoms. The zero-order chi connectivity index (χ0) is 27.8. The Kier molecular flexibility index (Phi) is 8.37. The van der Waals surface area contributed by atoms with Gasteiger partial charge in [-0.05, 0) is 25.1 Å². The van der Waals surface area contributed by atoms with E-state index in [0.29, 0.717) is 5.75 Å². The molecule has 1 aromatic rings. The minimum Gasteiger partial charge on any atom is -0.493 e. The number of methoxy groups -OCH3 is 3. The number of aliphatic hydroxyl groups is 5. The van der Waals surface area contributed by atoms with Gasteiger partial charge in [-0.15, -0.1) is 0 Å². The standard InChI is InChI=1S/C25H34O13/c1-25(31)9-15(36-22(30)11-7-13(32-2)21(34-4)14(8-11)33-3)12-5-6-35-23(17(12)25)38-24-20(29)19(28)18(27)16(10-26)37-24/h5-8,12,15-20,23-24,26-29,31H,9-10H2,1-4H3/t12-,15+,16-,17-,18+,19-,20-,23-,24-,25-/m0/s1. The molecule has 13 nitrogen and oxygen atoms in total. The summed E-state index contributed by atoms with van der Waals surface area (Å²) >= 11 is 0. The Labute approximate surface area is 219 Å². The Hall–Kier alpha value is -2.65. The van der Waals surface area contributed by atoms with Crippen molar-refractivity contribution in [3.63, 3.8) is 0 Å². The second-order valence-electron chi connectivity index (χ2n) is 9.69. The molecule has 1 saturated heterocycles. The first-order valence-electron chi connectivity index (χ1n) is 12.1. The van der Waals surface area contributed by atoms with Crippen molar-refractivity contribution in [1.29, 1.82) is 0 Å². The largest absolute Gasteiger partial charge is 0.493 e. The maximum absolute atomic E-state index is 13.1. The second kappa shape index (κ2) is 11.2. The number of rotatable bonds is 8. The quantitative estimate of drug-likeness (QED) is 0.261. The predicted molar refractivity (Wildman–Crippen MR) is 126 cm³/mol. The minimum absolute atomic E-state index is 0.0424. The van der Waals surface area contributed by atoms with Crippen LogP contribution in [0.2, 0.25) is 0 Å². The van der Waals surface area contributed by atoms with Gasteiger partial charge in [-0.3, -0.25) is 0 Å². The van der Waals surface area contributed by atoms with Crippen LogP contribution in [0.3, 0.4) is 0 Å². The third kappa shape index (κ3) is 5.15. The molecule has 1 aromatic carbocycles. The fraction of sp³-hybridized carbons (Fsp3) is 0.640. The van der Waals surface area contributed by atoms with Crippen LogP contribution >= 0.6 is 0 Å². The van der Waals surface area contributed by atoms with Gasteiger partial charge in [0.05, 0.1) is 51.3 Å². The zero-order valence-electron chi connectivity index (χ0n) is 21.4. The first kappa shape index (κ1) is 28.4. The number of hydrogen-bond donors (Lipinski definition) is 5. The molecular weight excluding hydrogens is 508 g/mol. The highest BCUT2D eigenvalue weighted by Crippen LogP contribution is 2.48. The van der Waals surface area contributed by atoms with E-state index in [1.54, 1.807) is 13.0 Å². The molecule has 2 heterocycles. The molecule has 0 aromatic heterocycles. The lowest BCUT2D eigenvalue weighted by molar-refractivity contribution is -0.346. The van der Waals surface area contributed by atoms with Crippen molar-refractivity contribution < 1.29 is 63.5 Å². The number of aliphatic hydroxyl groups excluding tert-OH is 4. The normalized spacial score (nSPS) is 38.2. The topological polar surface area (TPSA) is 183 Å². The number of ether oxygens (including phenoxy) is 7. The van der Waals surface area contributed by atoms with Crippen molar-refractivity contribution in [2.45, 2.75) is 62.0 Å². The Morgan fingerprint density at radius 2 is 1.68 bits per heavy atom. The van der Waals surface area contributed by atoms with E-state index in [1.807, 2.05) is 0 Å². The molecule has 0 bridgehead atoms. The maximum atomic E-state index is 13.1. The van der Waals surface area contributed by atoms with Crippen LogP contribution in [0.5, 0.6) is 17.2 Å². The van der Waals surface area contributed by atoms with Crippen LogP contribution in [-0.4, -0.2) is 108 Å². The number of carbonyl (C=O) groups excluding carboxylic acids is 1. The third-order valence-corrected chi connectivity index (χ3v) is 7.26. The molecule has 5 N–H and O–H groups in total. The van der Waals surface area contributed by atoms with Crippen LogP contribution in [0.15, 0.2) is 24.5 Å². The molecule has 2 fully saturated rings. The van der Waals surface area contributed by atoms with E-state index >= 15 is 0 Å². The van der Waals surface area contributed by atoms with E-state index in [1.165, 1.54) is 39.7 Å². The van der Waals surface area contributed by atoms with E-state index < -0.39 is 73.1 Å². The van der Waals surface area contributed by atoms with Crippen molar-refractivity contribution in [2.75, 3.05) is 27.9 Å². The molecule has 0 radical (unpaired) electrons. The summed E-state index contributed by atoms with van der Waals surface area (Å²) in [5, 5.41) is 51.2. The highest BCUT2D eigenvalue weighted by Gasteiger charge is 2.58. The van der Waals surface area contributed by atoms with Crippen molar-refractivity contribution in [3.05, 3.63) is 30.0 Å². The average Bonchev–Trinajstić information content (AvgIpc) is 3.17. The summed E-state index contributed by atoms with van der Waals surface area (Å²) in [6.45, 7) is 0.920. The Bertz CT molecular complexity index is 1000. The smallest absolute Gasteiger partial charge is 0.338 e. The van der Waals surface area contributed by atoms with Gasteiger partial charge in [-0.2, -0.15) is 0 Å². The molecule has 0 amide bonds. The molecule has 0 unspecified atom stereocenters. The van der Waals surface area contributed by atoms with Crippen LogP contribution < -0.4 is 14.2 Å². The fourth-order valence-electron chi connectivity index (χ4n) is 5.30. The second-order valence-corrected chi connectivity index (χ2v) is 9.69. The molecule has 4 rings (SSSR count). The minimum atomic E-state index is -1.65. The molecule has 1 aliphatic carbocycles. The van der Waals surface area contributed by atoms with E-state index in [0.717, 1.165) is 0 Å². The van der Waals surface area contributed by atoms with E-state index in [4.69, 9.17) is 33.2 Å². The van der Waals surface area contributed by atoms with Crippen molar-refractivity contribution in [2.24, 2.45) is 11.8 Å². The maximum Gasteiger partial charge on any atom is 0.338 e. The van der Waals surface area contributed by atoms with Gasteiger partial charge in [0.1, 0.15) is 30.5 Å². The molecular formula is C25H34O13. The molecule has 13 heteroatoms. The zero-order valence-corrected chi connectivity index (χ0v) is 21.4. The number of fused-ring (bicyclic) bond motifs is 1. The van der Waals surface area contributed by atoms with Gasteiger partial charge in [-0.1, -0.05) is 0 Å². The van der Waals surface area contributed by atoms with E-state index in [-0.39, 0.29) is 23.5 Å². The third-order valence-electron chi connectivity index (χ3n) is 7.26. The molecule has 212 valence electrons. The first-order chi connectivity index (χ1) is 18.1. The van der Waals surface area contributed by atoms with Gasteiger partial charge >= 0.3 is 5.97 Å². The van der Waals surface area contributed by atoms with Crippen LogP contribution in [0.1, 0.15) is 23.7 Å².